The number of halogens is 2. The Labute approximate surface area is 113 Å². The molecule has 4 heteroatoms. The van der Waals surface area contributed by atoms with Crippen molar-refractivity contribution in [2.75, 3.05) is 13.2 Å². The number of rotatable bonds is 5. The lowest BCUT2D eigenvalue weighted by Crippen LogP contribution is -2.22. The maximum absolute atomic E-state index is 6.02. The van der Waals surface area contributed by atoms with Crippen LogP contribution in [0.3, 0.4) is 0 Å². The topological polar surface area (TPSA) is 18.5 Å². The van der Waals surface area contributed by atoms with E-state index in [1.54, 1.807) is 6.07 Å². The summed E-state index contributed by atoms with van der Waals surface area (Å²) in [5, 5.41) is 0.634. The summed E-state index contributed by atoms with van der Waals surface area (Å²) in [6.07, 6.45) is 0. The Morgan fingerprint density at radius 1 is 1.18 bits per heavy atom. The molecule has 0 saturated heterocycles. The predicted octanol–water partition coefficient (Wildman–Crippen LogP) is 4.27. The van der Waals surface area contributed by atoms with E-state index in [2.05, 4.69) is 0 Å². The van der Waals surface area contributed by atoms with Gasteiger partial charge < -0.3 is 9.47 Å². The van der Waals surface area contributed by atoms with Gasteiger partial charge in [0.25, 0.3) is 0 Å². The van der Waals surface area contributed by atoms with Gasteiger partial charge >= 0.3 is 0 Å². The molecule has 0 saturated carbocycles. The van der Waals surface area contributed by atoms with E-state index in [-0.39, 0.29) is 5.60 Å². The second-order valence-electron chi connectivity index (χ2n) is 4.66. The summed E-state index contributed by atoms with van der Waals surface area (Å²) in [7, 11) is 0. The van der Waals surface area contributed by atoms with Gasteiger partial charge in [0.05, 0.1) is 18.1 Å². The van der Waals surface area contributed by atoms with E-state index >= 15 is 0 Å². The fourth-order valence-electron chi connectivity index (χ4n) is 1.30. The van der Waals surface area contributed by atoms with E-state index < -0.39 is 0 Å². The van der Waals surface area contributed by atoms with E-state index in [1.165, 1.54) is 0 Å². The Kier molecular flexibility index (Phi) is 5.57. The number of hydrogen-bond acceptors (Lipinski definition) is 2. The van der Waals surface area contributed by atoms with Gasteiger partial charge in [-0.05, 0) is 32.9 Å². The molecule has 96 valence electrons. The van der Waals surface area contributed by atoms with Crippen molar-refractivity contribution in [2.24, 2.45) is 0 Å². The van der Waals surface area contributed by atoms with Crippen LogP contribution in [0.25, 0.3) is 0 Å². The second-order valence-corrected chi connectivity index (χ2v) is 5.33. The molecular formula is C13H18Cl2O2. The van der Waals surface area contributed by atoms with Crippen molar-refractivity contribution in [1.29, 1.82) is 0 Å². The fourth-order valence-corrected chi connectivity index (χ4v) is 1.88. The molecule has 1 aromatic carbocycles. The third-order valence-corrected chi connectivity index (χ3v) is 2.71. The standard InChI is InChI=1S/C13H18Cl2O2/c1-13(2,3)17-8-7-16-12-6-4-5-11(15)10(12)9-14/h4-6H,7-9H2,1-3H3. The molecule has 0 bridgehead atoms. The molecule has 0 N–H and O–H groups in total. The Morgan fingerprint density at radius 3 is 2.47 bits per heavy atom. The average Bonchev–Trinajstić information content (AvgIpc) is 2.23. The molecule has 2 nitrogen and oxygen atoms in total. The van der Waals surface area contributed by atoms with E-state index in [9.17, 15) is 0 Å². The first-order chi connectivity index (χ1) is 7.94. The number of ether oxygens (including phenoxy) is 2. The number of alkyl halides is 1. The monoisotopic (exact) mass is 276 g/mol. The van der Waals surface area contributed by atoms with Crippen molar-refractivity contribution in [3.05, 3.63) is 28.8 Å². The zero-order valence-electron chi connectivity index (χ0n) is 10.4. The first-order valence-corrected chi connectivity index (χ1v) is 6.45. The first-order valence-electron chi connectivity index (χ1n) is 5.54. The van der Waals surface area contributed by atoms with Crippen molar-refractivity contribution in [1.82, 2.24) is 0 Å². The van der Waals surface area contributed by atoms with E-state index in [1.807, 2.05) is 32.9 Å². The summed E-state index contributed by atoms with van der Waals surface area (Å²) >= 11 is 11.8. The van der Waals surface area contributed by atoms with E-state index in [4.69, 9.17) is 32.7 Å². The highest BCUT2D eigenvalue weighted by atomic mass is 35.5. The van der Waals surface area contributed by atoms with Gasteiger partial charge in [-0.25, -0.2) is 0 Å². The summed E-state index contributed by atoms with van der Waals surface area (Å²) in [4.78, 5) is 0. The van der Waals surface area contributed by atoms with Crippen LogP contribution in [0.5, 0.6) is 5.75 Å². The maximum atomic E-state index is 6.02. The molecule has 0 heterocycles. The summed E-state index contributed by atoms with van der Waals surface area (Å²) in [5.41, 5.74) is 0.680. The summed E-state index contributed by atoms with van der Waals surface area (Å²) in [5.74, 6) is 1.07. The molecule has 17 heavy (non-hydrogen) atoms. The lowest BCUT2D eigenvalue weighted by molar-refractivity contribution is -0.0163. The van der Waals surface area contributed by atoms with Crippen LogP contribution in [-0.4, -0.2) is 18.8 Å². The highest BCUT2D eigenvalue weighted by Crippen LogP contribution is 2.27. The summed E-state index contributed by atoms with van der Waals surface area (Å²) in [6.45, 7) is 7.06. The van der Waals surface area contributed by atoms with Gasteiger partial charge in [-0.2, -0.15) is 0 Å². The van der Waals surface area contributed by atoms with Crippen LogP contribution >= 0.6 is 23.2 Å². The quantitative estimate of drug-likeness (QED) is 0.591. The molecule has 0 aliphatic rings. The molecule has 0 spiro atoms. The number of benzene rings is 1. The molecule has 0 radical (unpaired) electrons. The van der Waals surface area contributed by atoms with Crippen molar-refractivity contribution in [3.8, 4) is 5.75 Å². The van der Waals surface area contributed by atoms with Crippen molar-refractivity contribution >= 4 is 23.2 Å². The zero-order chi connectivity index (χ0) is 12.9. The molecule has 0 aliphatic carbocycles. The van der Waals surface area contributed by atoms with Gasteiger partial charge in [0.15, 0.2) is 0 Å². The molecular weight excluding hydrogens is 259 g/mol. The Bertz CT molecular complexity index is 359. The third kappa shape index (κ3) is 5.15. The minimum Gasteiger partial charge on any atom is -0.491 e. The molecule has 0 amide bonds. The Balaban J connectivity index is 2.49. The SMILES string of the molecule is CC(C)(C)OCCOc1cccc(Cl)c1CCl. The minimum absolute atomic E-state index is 0.146. The highest BCUT2D eigenvalue weighted by Gasteiger charge is 2.10. The van der Waals surface area contributed by atoms with Crippen LogP contribution in [0.15, 0.2) is 18.2 Å². The van der Waals surface area contributed by atoms with Gasteiger partial charge in [-0.3, -0.25) is 0 Å². The average molecular weight is 277 g/mol. The van der Waals surface area contributed by atoms with Crippen molar-refractivity contribution in [2.45, 2.75) is 32.3 Å². The van der Waals surface area contributed by atoms with Crippen LogP contribution in [0, 0.1) is 0 Å². The third-order valence-electron chi connectivity index (χ3n) is 2.09. The van der Waals surface area contributed by atoms with Crippen molar-refractivity contribution in [3.63, 3.8) is 0 Å². The van der Waals surface area contributed by atoms with Gasteiger partial charge in [0.1, 0.15) is 12.4 Å². The molecule has 0 unspecified atom stereocenters. The number of hydrogen-bond donors (Lipinski definition) is 0. The molecule has 0 aliphatic heterocycles. The van der Waals surface area contributed by atoms with Gasteiger partial charge in [0, 0.05) is 10.6 Å². The van der Waals surface area contributed by atoms with Crippen LogP contribution in [0.2, 0.25) is 5.02 Å². The van der Waals surface area contributed by atoms with E-state index in [0.717, 1.165) is 11.3 Å². The van der Waals surface area contributed by atoms with Gasteiger partial charge in [0.2, 0.25) is 0 Å². The molecule has 0 aromatic heterocycles. The van der Waals surface area contributed by atoms with Gasteiger partial charge in [-0.15, -0.1) is 11.6 Å². The highest BCUT2D eigenvalue weighted by molar-refractivity contribution is 6.32. The van der Waals surface area contributed by atoms with Crippen LogP contribution in [-0.2, 0) is 10.6 Å². The fraction of sp³-hybridized carbons (Fsp3) is 0.538. The van der Waals surface area contributed by atoms with Crippen LogP contribution in [0.1, 0.15) is 26.3 Å². The Hall–Kier alpha value is -0.440. The van der Waals surface area contributed by atoms with E-state index in [0.29, 0.717) is 24.1 Å². The maximum Gasteiger partial charge on any atom is 0.125 e. The summed E-state index contributed by atoms with van der Waals surface area (Å²) < 4.78 is 11.2. The second kappa shape index (κ2) is 6.48. The largest absolute Gasteiger partial charge is 0.491 e. The molecule has 1 rings (SSSR count). The van der Waals surface area contributed by atoms with Crippen molar-refractivity contribution < 1.29 is 9.47 Å². The van der Waals surface area contributed by atoms with Gasteiger partial charge in [-0.1, -0.05) is 17.7 Å². The molecule has 0 atom stereocenters. The lowest BCUT2D eigenvalue weighted by atomic mass is 10.2. The normalized spacial score (nSPS) is 11.6. The Morgan fingerprint density at radius 2 is 1.88 bits per heavy atom. The zero-order valence-corrected chi connectivity index (χ0v) is 11.9. The van der Waals surface area contributed by atoms with Crippen LogP contribution in [0.4, 0.5) is 0 Å². The smallest absolute Gasteiger partial charge is 0.125 e. The lowest BCUT2D eigenvalue weighted by Gasteiger charge is -2.20. The minimum atomic E-state index is -0.146. The first kappa shape index (κ1) is 14.6. The predicted molar refractivity (Wildman–Crippen MR) is 72.2 cm³/mol. The molecule has 0 fully saturated rings. The van der Waals surface area contributed by atoms with Crippen LogP contribution < -0.4 is 4.74 Å². The molecule has 1 aromatic rings. The summed E-state index contributed by atoms with van der Waals surface area (Å²) in [6, 6.07) is 5.51.